The number of benzene rings is 2. The molecule has 4 heteroatoms. The zero-order valence-electron chi connectivity index (χ0n) is 15.2. The van der Waals surface area contributed by atoms with Gasteiger partial charge >= 0.3 is 0 Å². The second kappa shape index (κ2) is 6.82. The van der Waals surface area contributed by atoms with E-state index >= 15 is 0 Å². The van der Waals surface area contributed by atoms with Crippen LogP contribution in [0.4, 0.5) is 0 Å². The molecule has 2 aromatic carbocycles. The smallest absolute Gasteiger partial charge is 0.161 e. The van der Waals surface area contributed by atoms with Crippen molar-refractivity contribution in [1.82, 2.24) is 10.3 Å². The summed E-state index contributed by atoms with van der Waals surface area (Å²) >= 11 is 0. The van der Waals surface area contributed by atoms with Gasteiger partial charge in [0.1, 0.15) is 11.3 Å². The van der Waals surface area contributed by atoms with Crippen LogP contribution < -0.4 is 5.32 Å². The van der Waals surface area contributed by atoms with Crippen molar-refractivity contribution in [1.29, 1.82) is 0 Å². The van der Waals surface area contributed by atoms with Crippen LogP contribution in [0.5, 0.6) is 0 Å². The summed E-state index contributed by atoms with van der Waals surface area (Å²) in [4.78, 5) is 15.9. The van der Waals surface area contributed by atoms with E-state index in [0.29, 0.717) is 13.0 Å². The van der Waals surface area contributed by atoms with Gasteiger partial charge in [0.25, 0.3) is 0 Å². The molecule has 2 heterocycles. The molecule has 1 aliphatic carbocycles. The van der Waals surface area contributed by atoms with Crippen LogP contribution in [0.3, 0.4) is 0 Å². The molecule has 0 amide bonds. The van der Waals surface area contributed by atoms with Crippen LogP contribution in [0.15, 0.2) is 89.3 Å². The maximum absolute atomic E-state index is 11.6. The highest BCUT2D eigenvalue weighted by molar-refractivity contribution is 5.97. The van der Waals surface area contributed by atoms with E-state index in [9.17, 15) is 4.79 Å². The molecule has 28 heavy (non-hydrogen) atoms. The van der Waals surface area contributed by atoms with Crippen molar-refractivity contribution in [2.45, 2.75) is 13.0 Å². The van der Waals surface area contributed by atoms with E-state index in [1.54, 1.807) is 6.08 Å². The topological polar surface area (TPSA) is 55.1 Å². The van der Waals surface area contributed by atoms with E-state index in [0.717, 1.165) is 44.3 Å². The number of fused-ring (bicyclic) bond motifs is 2. The first kappa shape index (κ1) is 16.5. The summed E-state index contributed by atoms with van der Waals surface area (Å²) in [5, 5.41) is 6.56. The van der Waals surface area contributed by atoms with Crippen molar-refractivity contribution >= 4 is 27.5 Å². The molecular formula is C24H18N2O2. The number of hydrogen-bond donors (Lipinski definition) is 1. The van der Waals surface area contributed by atoms with Gasteiger partial charge in [0.2, 0.25) is 0 Å². The Kier molecular flexibility index (Phi) is 4.02. The van der Waals surface area contributed by atoms with Crippen LogP contribution in [0, 0.1) is 0 Å². The predicted molar refractivity (Wildman–Crippen MR) is 111 cm³/mol. The van der Waals surface area contributed by atoms with Crippen molar-refractivity contribution in [3.63, 3.8) is 0 Å². The Hall–Kier alpha value is -3.66. The first-order chi connectivity index (χ1) is 13.8. The highest BCUT2D eigenvalue weighted by atomic mass is 16.3. The number of pyridine rings is 1. The standard InChI is InChI=1S/C24H18N2O2/c27-20-6-3-5-19(12-20)26-13-16-8-9-18-14-25-15-22(21(18)10-16)24-11-17-4-1-2-7-23(17)28-24/h1-5,7-12,14-15,26H,6,13H2. The van der Waals surface area contributed by atoms with E-state index in [4.69, 9.17) is 4.42 Å². The van der Waals surface area contributed by atoms with Crippen molar-refractivity contribution in [2.75, 3.05) is 0 Å². The third-order valence-corrected chi connectivity index (χ3v) is 4.95. The van der Waals surface area contributed by atoms with Crippen LogP contribution in [0.25, 0.3) is 33.1 Å². The number of rotatable bonds is 4. The zero-order chi connectivity index (χ0) is 18.9. The lowest BCUT2D eigenvalue weighted by Gasteiger charge is -2.11. The molecule has 4 nitrogen and oxygen atoms in total. The SMILES string of the molecule is O=C1C=C(NCc2ccc3cncc(-c4cc5ccccc5o4)c3c2)C=CC1. The zero-order valence-corrected chi connectivity index (χ0v) is 15.2. The summed E-state index contributed by atoms with van der Waals surface area (Å²) in [6.07, 6.45) is 9.69. The molecule has 0 bridgehead atoms. The molecule has 0 saturated heterocycles. The average molecular weight is 366 g/mol. The number of carbonyl (C=O) groups is 1. The largest absolute Gasteiger partial charge is 0.456 e. The summed E-state index contributed by atoms with van der Waals surface area (Å²) in [6.45, 7) is 0.640. The summed E-state index contributed by atoms with van der Waals surface area (Å²) < 4.78 is 6.06. The van der Waals surface area contributed by atoms with Gasteiger partial charge in [0.05, 0.1) is 0 Å². The van der Waals surface area contributed by atoms with E-state index in [1.807, 2.05) is 48.8 Å². The number of nitrogens with one attached hydrogen (secondary N) is 1. The first-order valence-electron chi connectivity index (χ1n) is 9.27. The van der Waals surface area contributed by atoms with Crippen molar-refractivity contribution in [2.24, 2.45) is 0 Å². The number of furan rings is 1. The van der Waals surface area contributed by atoms with Gasteiger partial charge in [-0.3, -0.25) is 9.78 Å². The average Bonchev–Trinajstić information content (AvgIpc) is 3.16. The van der Waals surface area contributed by atoms with Crippen molar-refractivity contribution < 1.29 is 9.21 Å². The quantitative estimate of drug-likeness (QED) is 0.543. The summed E-state index contributed by atoms with van der Waals surface area (Å²) in [7, 11) is 0. The van der Waals surface area contributed by atoms with Gasteiger partial charge in [-0.25, -0.2) is 0 Å². The summed E-state index contributed by atoms with van der Waals surface area (Å²) in [5.74, 6) is 0.940. The Balaban J connectivity index is 1.51. The second-order valence-corrected chi connectivity index (χ2v) is 6.92. The lowest BCUT2D eigenvalue weighted by atomic mass is 10.0. The Labute approximate surface area is 162 Å². The van der Waals surface area contributed by atoms with E-state index in [2.05, 4.69) is 34.6 Å². The van der Waals surface area contributed by atoms with E-state index in [1.165, 1.54) is 0 Å². The Morgan fingerprint density at radius 2 is 1.96 bits per heavy atom. The van der Waals surface area contributed by atoms with E-state index < -0.39 is 0 Å². The predicted octanol–water partition coefficient (Wildman–Crippen LogP) is 5.15. The molecular weight excluding hydrogens is 348 g/mol. The molecule has 0 saturated carbocycles. The Morgan fingerprint density at radius 3 is 2.86 bits per heavy atom. The Bertz CT molecular complexity index is 1230. The minimum absolute atomic E-state index is 0.127. The molecule has 0 radical (unpaired) electrons. The minimum Gasteiger partial charge on any atom is -0.456 e. The van der Waals surface area contributed by atoms with Crippen molar-refractivity contribution in [3.8, 4) is 11.3 Å². The van der Waals surface area contributed by atoms with Crippen LogP contribution in [0.2, 0.25) is 0 Å². The maximum Gasteiger partial charge on any atom is 0.161 e. The number of nitrogens with zero attached hydrogens (tertiary/aromatic N) is 1. The molecule has 4 aromatic rings. The highest BCUT2D eigenvalue weighted by Gasteiger charge is 2.11. The molecule has 0 atom stereocenters. The molecule has 0 spiro atoms. The van der Waals surface area contributed by atoms with Gasteiger partial charge in [-0.2, -0.15) is 0 Å². The van der Waals surface area contributed by atoms with Crippen LogP contribution in [-0.4, -0.2) is 10.8 Å². The fourth-order valence-electron chi connectivity index (χ4n) is 3.53. The normalized spacial score (nSPS) is 13.9. The third kappa shape index (κ3) is 3.09. The van der Waals surface area contributed by atoms with Gasteiger partial charge in [-0.15, -0.1) is 0 Å². The van der Waals surface area contributed by atoms with Gasteiger partial charge in [-0.1, -0.05) is 36.4 Å². The van der Waals surface area contributed by atoms with Crippen LogP contribution >= 0.6 is 0 Å². The molecule has 2 aromatic heterocycles. The minimum atomic E-state index is 0.127. The Morgan fingerprint density at radius 1 is 1.04 bits per heavy atom. The number of hydrogen-bond acceptors (Lipinski definition) is 4. The number of para-hydroxylation sites is 1. The third-order valence-electron chi connectivity index (χ3n) is 4.95. The van der Waals surface area contributed by atoms with Crippen LogP contribution in [0.1, 0.15) is 12.0 Å². The fourth-order valence-corrected chi connectivity index (χ4v) is 3.53. The van der Waals surface area contributed by atoms with Gasteiger partial charge in [0.15, 0.2) is 5.78 Å². The van der Waals surface area contributed by atoms with Gasteiger partial charge in [-0.05, 0) is 35.2 Å². The molecule has 0 aliphatic heterocycles. The molecule has 136 valence electrons. The molecule has 1 aliphatic rings. The highest BCUT2D eigenvalue weighted by Crippen LogP contribution is 2.32. The monoisotopic (exact) mass is 366 g/mol. The number of allylic oxidation sites excluding steroid dienone is 3. The molecule has 0 unspecified atom stereocenters. The van der Waals surface area contributed by atoms with Gasteiger partial charge < -0.3 is 9.73 Å². The first-order valence-corrected chi connectivity index (χ1v) is 9.27. The lowest BCUT2D eigenvalue weighted by molar-refractivity contribution is -0.114. The maximum atomic E-state index is 11.6. The summed E-state index contributed by atoms with van der Waals surface area (Å²) in [6, 6.07) is 16.4. The summed E-state index contributed by atoms with van der Waals surface area (Å²) in [5.41, 5.74) is 3.82. The van der Waals surface area contributed by atoms with Gasteiger partial charge in [0, 0.05) is 53.5 Å². The van der Waals surface area contributed by atoms with E-state index in [-0.39, 0.29) is 5.78 Å². The number of carbonyl (C=O) groups excluding carboxylic acids is 1. The molecule has 1 N–H and O–H groups in total. The number of aromatic nitrogens is 1. The molecule has 0 fully saturated rings. The van der Waals surface area contributed by atoms with Crippen molar-refractivity contribution in [3.05, 3.63) is 90.4 Å². The molecule has 5 rings (SSSR count). The second-order valence-electron chi connectivity index (χ2n) is 6.92. The lowest BCUT2D eigenvalue weighted by Crippen LogP contribution is -2.14. The fraction of sp³-hybridized carbons (Fsp3) is 0.0833. The van der Waals surface area contributed by atoms with Crippen LogP contribution in [-0.2, 0) is 11.3 Å². The number of ketones is 1.